The summed E-state index contributed by atoms with van der Waals surface area (Å²) < 4.78 is 35.6. The van der Waals surface area contributed by atoms with E-state index in [0.29, 0.717) is 45.6 Å². The molecule has 4 aromatic rings. The van der Waals surface area contributed by atoms with Crippen molar-refractivity contribution in [2.45, 2.75) is 52.4 Å². The molecule has 2 aromatic carbocycles. The van der Waals surface area contributed by atoms with Crippen LogP contribution in [0.5, 0.6) is 5.75 Å². The van der Waals surface area contributed by atoms with Crippen LogP contribution in [0.1, 0.15) is 50.1 Å². The fourth-order valence-electron chi connectivity index (χ4n) is 4.04. The maximum Gasteiger partial charge on any atom is 0.251 e. The molecule has 0 bridgehead atoms. The Morgan fingerprint density at radius 1 is 1.24 bits per heavy atom. The van der Waals surface area contributed by atoms with Crippen molar-refractivity contribution in [3.63, 3.8) is 0 Å². The van der Waals surface area contributed by atoms with Gasteiger partial charge in [-0.1, -0.05) is 30.7 Å². The van der Waals surface area contributed by atoms with Crippen molar-refractivity contribution in [1.29, 1.82) is 0 Å². The highest BCUT2D eigenvalue weighted by molar-refractivity contribution is 6.31. The maximum absolute atomic E-state index is 14.4. The van der Waals surface area contributed by atoms with Gasteiger partial charge < -0.3 is 15.2 Å². The van der Waals surface area contributed by atoms with Crippen LogP contribution in [0.3, 0.4) is 0 Å². The van der Waals surface area contributed by atoms with E-state index in [9.17, 15) is 18.7 Å². The van der Waals surface area contributed by atoms with Gasteiger partial charge in [-0.2, -0.15) is 5.10 Å². The molecule has 10 heteroatoms. The van der Waals surface area contributed by atoms with Crippen LogP contribution < -0.4 is 10.1 Å². The SMILES string of the molecule is CC[C@H](NC(=O)C(C)(C)O)c1cc(F)cc(Cl)c1COc1cccc2c(-n3cc(F)cn3)cc(C)nc12. The van der Waals surface area contributed by atoms with Gasteiger partial charge in [0.15, 0.2) is 5.82 Å². The van der Waals surface area contributed by atoms with Crippen LogP contribution in [0.2, 0.25) is 5.02 Å². The molecular formula is C27H27ClF2N4O3. The molecule has 1 amide bonds. The topological polar surface area (TPSA) is 89.3 Å². The number of benzene rings is 2. The lowest BCUT2D eigenvalue weighted by Crippen LogP contribution is -2.43. The number of para-hydroxylation sites is 1. The number of carbonyl (C=O) groups excluding carboxylic acids is 1. The highest BCUT2D eigenvalue weighted by Gasteiger charge is 2.28. The van der Waals surface area contributed by atoms with Crippen molar-refractivity contribution < 1.29 is 23.4 Å². The second-order valence-electron chi connectivity index (χ2n) is 9.28. The molecule has 1 atom stereocenters. The predicted octanol–water partition coefficient (Wildman–Crippen LogP) is 5.58. The first-order valence-electron chi connectivity index (χ1n) is 11.7. The van der Waals surface area contributed by atoms with Gasteiger partial charge in [0.2, 0.25) is 0 Å². The number of ether oxygens (including phenoxy) is 1. The van der Waals surface area contributed by atoms with Crippen LogP contribution in [0.4, 0.5) is 8.78 Å². The summed E-state index contributed by atoms with van der Waals surface area (Å²) in [4.78, 5) is 17.1. The molecule has 0 fully saturated rings. The number of nitrogens with zero attached hydrogens (tertiary/aromatic N) is 3. The first-order valence-corrected chi connectivity index (χ1v) is 12.1. The summed E-state index contributed by atoms with van der Waals surface area (Å²) in [5.74, 6) is -1.17. The van der Waals surface area contributed by atoms with Gasteiger partial charge in [0.1, 0.15) is 29.3 Å². The lowest BCUT2D eigenvalue weighted by atomic mass is 9.97. The van der Waals surface area contributed by atoms with E-state index in [1.807, 2.05) is 19.9 Å². The summed E-state index contributed by atoms with van der Waals surface area (Å²) in [6, 6.07) is 9.03. The normalized spacial score (nSPS) is 12.5. The fourth-order valence-corrected chi connectivity index (χ4v) is 4.31. The summed E-state index contributed by atoms with van der Waals surface area (Å²) >= 11 is 6.43. The van der Waals surface area contributed by atoms with Crippen LogP contribution in [0.25, 0.3) is 16.6 Å². The molecule has 0 aliphatic carbocycles. The molecule has 0 saturated carbocycles. The number of aromatic nitrogens is 3. The number of nitrogens with one attached hydrogen (secondary N) is 1. The molecule has 194 valence electrons. The Kier molecular flexibility index (Phi) is 7.47. The Bertz CT molecular complexity index is 1470. The summed E-state index contributed by atoms with van der Waals surface area (Å²) in [7, 11) is 0. The van der Waals surface area contributed by atoms with Crippen molar-refractivity contribution in [3.8, 4) is 11.4 Å². The number of carbonyl (C=O) groups is 1. The third-order valence-electron chi connectivity index (χ3n) is 5.92. The molecule has 0 aliphatic rings. The Balaban J connectivity index is 1.71. The minimum absolute atomic E-state index is 0.0379. The van der Waals surface area contributed by atoms with E-state index in [-0.39, 0.29) is 11.6 Å². The zero-order chi connectivity index (χ0) is 26.9. The highest BCUT2D eigenvalue weighted by atomic mass is 35.5. The molecule has 0 unspecified atom stereocenters. The monoisotopic (exact) mass is 528 g/mol. The van der Waals surface area contributed by atoms with E-state index in [2.05, 4.69) is 15.4 Å². The van der Waals surface area contributed by atoms with E-state index in [1.54, 1.807) is 18.2 Å². The van der Waals surface area contributed by atoms with Gasteiger partial charge in [0, 0.05) is 16.6 Å². The first-order chi connectivity index (χ1) is 17.5. The zero-order valence-corrected chi connectivity index (χ0v) is 21.6. The quantitative estimate of drug-likeness (QED) is 0.312. The van der Waals surface area contributed by atoms with E-state index < -0.39 is 29.2 Å². The molecular weight excluding hydrogens is 502 g/mol. The number of pyridine rings is 1. The minimum Gasteiger partial charge on any atom is -0.487 e. The van der Waals surface area contributed by atoms with Crippen molar-refractivity contribution in [2.75, 3.05) is 0 Å². The first kappa shape index (κ1) is 26.5. The number of aliphatic hydroxyl groups is 1. The average molecular weight is 529 g/mol. The van der Waals surface area contributed by atoms with Crippen LogP contribution in [0.15, 0.2) is 48.8 Å². The molecule has 37 heavy (non-hydrogen) atoms. The fraction of sp³-hybridized carbons (Fsp3) is 0.296. The molecule has 7 nitrogen and oxygen atoms in total. The van der Waals surface area contributed by atoms with Gasteiger partial charge in [-0.15, -0.1) is 0 Å². The van der Waals surface area contributed by atoms with Gasteiger partial charge in [0.05, 0.1) is 29.1 Å². The van der Waals surface area contributed by atoms with Crippen LogP contribution in [-0.2, 0) is 11.4 Å². The van der Waals surface area contributed by atoms with Gasteiger partial charge in [-0.05, 0) is 57.0 Å². The molecule has 0 spiro atoms. The number of amides is 1. The second-order valence-corrected chi connectivity index (χ2v) is 9.68. The third-order valence-corrected chi connectivity index (χ3v) is 6.26. The number of fused-ring (bicyclic) bond motifs is 1. The largest absolute Gasteiger partial charge is 0.487 e. The Morgan fingerprint density at radius 2 is 2.00 bits per heavy atom. The van der Waals surface area contributed by atoms with Gasteiger partial charge >= 0.3 is 0 Å². The Labute approximate surface area is 218 Å². The number of hydrogen-bond donors (Lipinski definition) is 2. The maximum atomic E-state index is 14.4. The number of rotatable bonds is 8. The smallest absolute Gasteiger partial charge is 0.251 e. The number of hydrogen-bond acceptors (Lipinski definition) is 5. The van der Waals surface area contributed by atoms with Crippen molar-refractivity contribution in [3.05, 3.63) is 82.3 Å². The third kappa shape index (κ3) is 5.73. The van der Waals surface area contributed by atoms with Crippen LogP contribution >= 0.6 is 11.6 Å². The molecule has 2 N–H and O–H groups in total. The zero-order valence-electron chi connectivity index (χ0n) is 20.8. The highest BCUT2D eigenvalue weighted by Crippen LogP contribution is 2.33. The lowest BCUT2D eigenvalue weighted by Gasteiger charge is -2.25. The van der Waals surface area contributed by atoms with Crippen LogP contribution in [0, 0.1) is 18.6 Å². The molecule has 2 aromatic heterocycles. The Morgan fingerprint density at radius 3 is 2.65 bits per heavy atom. The van der Waals surface area contributed by atoms with Crippen molar-refractivity contribution in [1.82, 2.24) is 20.1 Å². The van der Waals surface area contributed by atoms with E-state index in [1.165, 1.54) is 36.9 Å². The van der Waals surface area contributed by atoms with E-state index >= 15 is 0 Å². The summed E-state index contributed by atoms with van der Waals surface area (Å²) in [5.41, 5.74) is 1.18. The molecule has 2 heterocycles. The van der Waals surface area contributed by atoms with E-state index in [0.717, 1.165) is 6.20 Å². The standard InChI is InChI=1S/C27H27ClF2N4O3/c1-5-22(33-26(35)27(3,4)36)19-10-16(29)11-21(28)20(19)14-37-24-8-6-7-18-23(9-15(2)32-25(18)24)34-13-17(30)12-31-34/h6-13,22,36H,5,14H2,1-4H3,(H,33,35)/t22-/m0/s1. The van der Waals surface area contributed by atoms with Gasteiger partial charge in [0.25, 0.3) is 5.91 Å². The minimum atomic E-state index is -1.61. The second kappa shape index (κ2) is 10.4. The number of aryl methyl sites for hydroxylation is 1. The van der Waals surface area contributed by atoms with E-state index in [4.69, 9.17) is 16.3 Å². The summed E-state index contributed by atoms with van der Waals surface area (Å²) in [6.07, 6.45) is 2.83. The average Bonchev–Trinajstić information content (AvgIpc) is 3.26. The van der Waals surface area contributed by atoms with Crippen molar-refractivity contribution >= 4 is 28.4 Å². The molecule has 4 rings (SSSR count). The van der Waals surface area contributed by atoms with Crippen molar-refractivity contribution in [2.24, 2.45) is 0 Å². The Hall–Kier alpha value is -3.56. The summed E-state index contributed by atoms with van der Waals surface area (Å²) in [5, 5.41) is 17.7. The van der Waals surface area contributed by atoms with Gasteiger partial charge in [-0.3, -0.25) is 4.79 Å². The molecule has 0 saturated heterocycles. The van der Waals surface area contributed by atoms with Gasteiger partial charge in [-0.25, -0.2) is 18.4 Å². The molecule has 0 radical (unpaired) electrons. The summed E-state index contributed by atoms with van der Waals surface area (Å²) in [6.45, 7) is 6.35. The lowest BCUT2D eigenvalue weighted by molar-refractivity contribution is -0.137. The molecule has 0 aliphatic heterocycles. The van der Waals surface area contributed by atoms with Crippen LogP contribution in [-0.4, -0.2) is 31.4 Å². The predicted molar refractivity (Wildman–Crippen MR) is 137 cm³/mol. The number of halogens is 3.